The first-order valence-electron chi connectivity index (χ1n) is 6.05. The molecule has 1 atom stereocenters. The summed E-state index contributed by atoms with van der Waals surface area (Å²) in [6.45, 7) is 5.31. The van der Waals surface area contributed by atoms with Gasteiger partial charge in [-0.3, -0.25) is 4.98 Å². The Hall–Kier alpha value is -1.58. The third kappa shape index (κ3) is 2.25. The smallest absolute Gasteiger partial charge is 0.339 e. The van der Waals surface area contributed by atoms with E-state index in [1.54, 1.807) is 6.20 Å². The molecule has 1 aliphatic heterocycles. The number of hydrogen-bond acceptors (Lipinski definition) is 3. The molecular weight excluding hydrogens is 216 g/mol. The molecule has 0 bridgehead atoms. The number of rotatable bonds is 3. The molecular formula is C13H18N2O2. The molecule has 2 rings (SSSR count). The number of aromatic nitrogens is 1. The van der Waals surface area contributed by atoms with Gasteiger partial charge >= 0.3 is 5.97 Å². The Balaban J connectivity index is 2.36. The fourth-order valence-electron chi connectivity index (χ4n) is 2.59. The Morgan fingerprint density at radius 3 is 3.00 bits per heavy atom. The maximum absolute atomic E-state index is 11.2. The van der Waals surface area contributed by atoms with Gasteiger partial charge < -0.3 is 10.0 Å². The highest BCUT2D eigenvalue weighted by Gasteiger charge is 2.29. The van der Waals surface area contributed by atoms with Crippen LogP contribution in [0.15, 0.2) is 18.5 Å². The first-order chi connectivity index (χ1) is 8.11. The Kier molecular flexibility index (Phi) is 3.31. The maximum Gasteiger partial charge on any atom is 0.339 e. The lowest BCUT2D eigenvalue weighted by atomic mass is 10.0. The Morgan fingerprint density at radius 2 is 2.35 bits per heavy atom. The van der Waals surface area contributed by atoms with Crippen molar-refractivity contribution in [3.63, 3.8) is 0 Å². The van der Waals surface area contributed by atoms with Gasteiger partial charge in [0.1, 0.15) is 5.56 Å². The predicted molar refractivity (Wildman–Crippen MR) is 66.4 cm³/mol. The molecule has 1 aromatic heterocycles. The highest BCUT2D eigenvalue weighted by Crippen LogP contribution is 2.31. The van der Waals surface area contributed by atoms with E-state index in [1.165, 1.54) is 6.20 Å². The summed E-state index contributed by atoms with van der Waals surface area (Å²) in [5.41, 5.74) is 1.11. The highest BCUT2D eigenvalue weighted by atomic mass is 16.4. The van der Waals surface area contributed by atoms with Gasteiger partial charge in [-0.2, -0.15) is 0 Å². The second kappa shape index (κ2) is 4.73. The monoisotopic (exact) mass is 234 g/mol. The van der Waals surface area contributed by atoms with Crippen LogP contribution in [0, 0.1) is 5.92 Å². The van der Waals surface area contributed by atoms with Gasteiger partial charge in [-0.25, -0.2) is 4.79 Å². The first-order valence-corrected chi connectivity index (χ1v) is 6.05. The van der Waals surface area contributed by atoms with Crippen LogP contribution >= 0.6 is 0 Å². The van der Waals surface area contributed by atoms with Crippen LogP contribution < -0.4 is 4.90 Å². The molecule has 2 heterocycles. The van der Waals surface area contributed by atoms with Crippen LogP contribution in [0.1, 0.15) is 37.0 Å². The molecule has 1 aliphatic rings. The number of aromatic carboxylic acids is 1. The minimum absolute atomic E-state index is 0.306. The summed E-state index contributed by atoms with van der Waals surface area (Å²) < 4.78 is 0. The van der Waals surface area contributed by atoms with Crippen molar-refractivity contribution in [3.05, 3.63) is 24.0 Å². The van der Waals surface area contributed by atoms with E-state index in [4.69, 9.17) is 0 Å². The fraction of sp³-hybridized carbons (Fsp3) is 0.538. The summed E-state index contributed by atoms with van der Waals surface area (Å²) >= 11 is 0. The van der Waals surface area contributed by atoms with E-state index in [2.05, 4.69) is 23.7 Å². The summed E-state index contributed by atoms with van der Waals surface area (Å²) in [6, 6.07) is 2.25. The maximum atomic E-state index is 11.2. The number of anilines is 1. The molecule has 1 saturated heterocycles. The topological polar surface area (TPSA) is 53.4 Å². The number of carbonyl (C=O) groups is 1. The van der Waals surface area contributed by atoms with Crippen LogP contribution in [-0.2, 0) is 0 Å². The van der Waals surface area contributed by atoms with E-state index < -0.39 is 5.97 Å². The quantitative estimate of drug-likeness (QED) is 0.872. The molecule has 0 saturated carbocycles. The van der Waals surface area contributed by atoms with E-state index in [0.29, 0.717) is 17.5 Å². The number of pyridine rings is 1. The number of carboxylic acids is 1. The zero-order valence-electron chi connectivity index (χ0n) is 10.3. The molecule has 0 radical (unpaired) electrons. The van der Waals surface area contributed by atoms with Gasteiger partial charge in [0.25, 0.3) is 0 Å². The molecule has 0 aromatic carbocycles. The highest BCUT2D eigenvalue weighted by molar-refractivity contribution is 5.94. The second-order valence-electron chi connectivity index (χ2n) is 4.84. The lowest BCUT2D eigenvalue weighted by Crippen LogP contribution is -2.34. The summed E-state index contributed by atoms with van der Waals surface area (Å²) in [5.74, 6) is -0.366. The van der Waals surface area contributed by atoms with Crippen molar-refractivity contribution in [2.75, 3.05) is 11.4 Å². The second-order valence-corrected chi connectivity index (χ2v) is 4.84. The van der Waals surface area contributed by atoms with E-state index in [9.17, 15) is 9.90 Å². The Labute approximate surface area is 101 Å². The summed E-state index contributed by atoms with van der Waals surface area (Å²) in [6.07, 6.45) is 5.37. The van der Waals surface area contributed by atoms with Crippen molar-refractivity contribution < 1.29 is 9.90 Å². The molecule has 4 heteroatoms. The molecule has 0 aliphatic carbocycles. The molecule has 0 amide bonds. The molecule has 1 fully saturated rings. The summed E-state index contributed by atoms with van der Waals surface area (Å²) in [5, 5.41) is 9.18. The summed E-state index contributed by atoms with van der Waals surface area (Å²) in [7, 11) is 0. The van der Waals surface area contributed by atoms with Gasteiger partial charge in [0.15, 0.2) is 0 Å². The average Bonchev–Trinajstić information content (AvgIpc) is 2.77. The SMILES string of the molecule is CC(C)C1CCCN1c1ccncc1C(=O)O. The molecule has 17 heavy (non-hydrogen) atoms. The normalized spacial score (nSPS) is 19.9. The van der Waals surface area contributed by atoms with Crippen molar-refractivity contribution in [3.8, 4) is 0 Å². The average molecular weight is 234 g/mol. The van der Waals surface area contributed by atoms with E-state index in [0.717, 1.165) is 25.1 Å². The first kappa shape index (κ1) is 11.9. The molecule has 1 N–H and O–H groups in total. The molecule has 1 aromatic rings. The Morgan fingerprint density at radius 1 is 1.59 bits per heavy atom. The van der Waals surface area contributed by atoms with Gasteiger partial charge in [0, 0.05) is 25.0 Å². The van der Waals surface area contributed by atoms with Gasteiger partial charge in [-0.1, -0.05) is 13.8 Å². The van der Waals surface area contributed by atoms with E-state index in [-0.39, 0.29) is 0 Å². The third-order valence-electron chi connectivity index (χ3n) is 3.41. The van der Waals surface area contributed by atoms with Gasteiger partial charge in [0.2, 0.25) is 0 Å². The van der Waals surface area contributed by atoms with Crippen molar-refractivity contribution in [1.29, 1.82) is 0 Å². The summed E-state index contributed by atoms with van der Waals surface area (Å²) in [4.78, 5) is 17.3. The largest absolute Gasteiger partial charge is 0.478 e. The van der Waals surface area contributed by atoms with Crippen LogP contribution in [0.5, 0.6) is 0 Å². The minimum Gasteiger partial charge on any atom is -0.478 e. The van der Waals surface area contributed by atoms with Crippen LogP contribution in [0.4, 0.5) is 5.69 Å². The number of nitrogens with zero attached hydrogens (tertiary/aromatic N) is 2. The third-order valence-corrected chi connectivity index (χ3v) is 3.41. The van der Waals surface area contributed by atoms with Crippen LogP contribution in [0.3, 0.4) is 0 Å². The van der Waals surface area contributed by atoms with E-state index >= 15 is 0 Å². The lowest BCUT2D eigenvalue weighted by Gasteiger charge is -2.30. The van der Waals surface area contributed by atoms with Crippen LogP contribution in [0.2, 0.25) is 0 Å². The lowest BCUT2D eigenvalue weighted by molar-refractivity contribution is 0.0697. The fourth-order valence-corrected chi connectivity index (χ4v) is 2.59. The van der Waals surface area contributed by atoms with E-state index in [1.807, 2.05) is 6.07 Å². The minimum atomic E-state index is -0.900. The zero-order chi connectivity index (χ0) is 12.4. The van der Waals surface area contributed by atoms with Gasteiger partial charge in [-0.15, -0.1) is 0 Å². The van der Waals surface area contributed by atoms with Crippen molar-refractivity contribution >= 4 is 11.7 Å². The van der Waals surface area contributed by atoms with Gasteiger partial charge in [0.05, 0.1) is 5.69 Å². The standard InChI is InChI=1S/C13H18N2O2/c1-9(2)11-4-3-7-15(11)12-5-6-14-8-10(12)13(16)17/h5-6,8-9,11H,3-4,7H2,1-2H3,(H,16,17). The van der Waals surface area contributed by atoms with Gasteiger partial charge in [-0.05, 0) is 24.8 Å². The van der Waals surface area contributed by atoms with Crippen molar-refractivity contribution in [1.82, 2.24) is 4.98 Å². The molecule has 0 spiro atoms. The van der Waals surface area contributed by atoms with Crippen LogP contribution in [0.25, 0.3) is 0 Å². The Bertz CT molecular complexity index is 418. The molecule has 1 unspecified atom stereocenters. The molecule has 92 valence electrons. The van der Waals surface area contributed by atoms with Crippen molar-refractivity contribution in [2.24, 2.45) is 5.92 Å². The van der Waals surface area contributed by atoms with Crippen molar-refractivity contribution in [2.45, 2.75) is 32.7 Å². The zero-order valence-corrected chi connectivity index (χ0v) is 10.3. The number of carboxylic acid groups (broad SMARTS) is 1. The van der Waals surface area contributed by atoms with Crippen LogP contribution in [-0.4, -0.2) is 28.6 Å². The molecule has 4 nitrogen and oxygen atoms in total. The number of hydrogen-bond donors (Lipinski definition) is 1. The predicted octanol–water partition coefficient (Wildman–Crippen LogP) is 2.40.